The van der Waals surface area contributed by atoms with E-state index in [0.717, 1.165) is 32.5 Å². The summed E-state index contributed by atoms with van der Waals surface area (Å²) in [5.74, 6) is 0.886. The maximum absolute atomic E-state index is 14.5. The zero-order valence-corrected chi connectivity index (χ0v) is 20.3. The van der Waals surface area contributed by atoms with E-state index in [-0.39, 0.29) is 5.91 Å². The van der Waals surface area contributed by atoms with Gasteiger partial charge < -0.3 is 4.74 Å². The minimum Gasteiger partial charge on any atom is -0.457 e. The number of rotatable bonds is 4. The zero-order chi connectivity index (χ0) is 23.9. The summed E-state index contributed by atoms with van der Waals surface area (Å²) in [6, 6.07) is 23.6. The molecule has 0 spiro atoms. The fourth-order valence-electron chi connectivity index (χ4n) is 4.58. The van der Waals surface area contributed by atoms with Crippen LogP contribution in [0.4, 0.5) is 5.13 Å². The molecule has 3 aromatic carbocycles. The monoisotopic (exact) mass is 477 g/mol. The molecule has 5 nitrogen and oxygen atoms in total. The van der Waals surface area contributed by atoms with Crippen LogP contribution >= 0.6 is 11.3 Å². The molecular formula is C29H23N3O2S. The maximum atomic E-state index is 14.5. The molecule has 3 heterocycles. The maximum Gasteiger partial charge on any atom is 0.241 e. The van der Waals surface area contributed by atoms with Crippen LogP contribution in [0.3, 0.4) is 0 Å². The van der Waals surface area contributed by atoms with Crippen molar-refractivity contribution in [3.8, 4) is 11.5 Å². The second-order valence-corrected chi connectivity index (χ2v) is 9.76. The lowest BCUT2D eigenvalue weighted by Gasteiger charge is -2.31. The summed E-state index contributed by atoms with van der Waals surface area (Å²) < 4.78 is 7.21. The summed E-state index contributed by atoms with van der Waals surface area (Å²) in [6.45, 7) is 4.55. The average molecular weight is 478 g/mol. The van der Waals surface area contributed by atoms with E-state index in [4.69, 9.17) is 9.72 Å². The molecule has 6 heteroatoms. The third-order valence-corrected chi connectivity index (χ3v) is 7.60. The number of carbonyl (C=O) groups is 1. The molecule has 5 aromatic rings. The van der Waals surface area contributed by atoms with Gasteiger partial charge in [0.25, 0.3) is 0 Å². The third kappa shape index (κ3) is 3.76. The second kappa shape index (κ2) is 8.64. The molecule has 0 radical (unpaired) electrons. The Bertz CT molecular complexity index is 1520. The highest BCUT2D eigenvalue weighted by atomic mass is 32.1. The Hall–Kier alpha value is -4.03. The first kappa shape index (κ1) is 21.5. The van der Waals surface area contributed by atoms with Crippen LogP contribution in [0.5, 0.6) is 11.5 Å². The quantitative estimate of drug-likeness (QED) is 0.286. The lowest BCUT2D eigenvalue weighted by atomic mass is 9.87. The van der Waals surface area contributed by atoms with Gasteiger partial charge in [-0.25, -0.2) is 4.98 Å². The summed E-state index contributed by atoms with van der Waals surface area (Å²) in [4.78, 5) is 25.5. The van der Waals surface area contributed by atoms with Crippen LogP contribution in [0.15, 0.2) is 85.2 Å². The van der Waals surface area contributed by atoms with Gasteiger partial charge in [0.2, 0.25) is 5.91 Å². The molecule has 1 amide bonds. The number of aryl methyl sites for hydroxylation is 2. The van der Waals surface area contributed by atoms with E-state index in [2.05, 4.69) is 31.0 Å². The Morgan fingerprint density at radius 3 is 2.34 bits per heavy atom. The summed E-state index contributed by atoms with van der Waals surface area (Å²) >= 11 is 1.54. The SMILES string of the molecule is Cc1ccc2sc(N(Cc3cccnc3)C(=O)C3c4ccccc4Oc4ccccc43)nc2c1C. The Kier molecular flexibility index (Phi) is 5.30. The van der Waals surface area contributed by atoms with Crippen molar-refractivity contribution >= 4 is 32.6 Å². The highest BCUT2D eigenvalue weighted by Crippen LogP contribution is 2.45. The van der Waals surface area contributed by atoms with Gasteiger partial charge in [0.1, 0.15) is 11.5 Å². The third-order valence-electron chi connectivity index (χ3n) is 6.56. The first-order valence-electron chi connectivity index (χ1n) is 11.5. The van der Waals surface area contributed by atoms with Crippen molar-refractivity contribution in [2.75, 3.05) is 4.90 Å². The van der Waals surface area contributed by atoms with E-state index < -0.39 is 5.92 Å². The second-order valence-electron chi connectivity index (χ2n) is 8.75. The summed E-state index contributed by atoms with van der Waals surface area (Å²) in [5, 5.41) is 0.684. The molecular weight excluding hydrogens is 454 g/mol. The van der Waals surface area contributed by atoms with Gasteiger partial charge in [-0.1, -0.05) is 59.9 Å². The fourth-order valence-corrected chi connectivity index (χ4v) is 5.61. The molecule has 2 aromatic heterocycles. The average Bonchev–Trinajstić information content (AvgIpc) is 3.33. The van der Waals surface area contributed by atoms with Crippen molar-refractivity contribution in [2.24, 2.45) is 0 Å². The van der Waals surface area contributed by atoms with Crippen LogP contribution in [0.25, 0.3) is 10.2 Å². The van der Waals surface area contributed by atoms with Crippen LogP contribution < -0.4 is 9.64 Å². The summed E-state index contributed by atoms with van der Waals surface area (Å²) in [7, 11) is 0. The number of para-hydroxylation sites is 2. The van der Waals surface area contributed by atoms with Crippen LogP contribution in [0, 0.1) is 13.8 Å². The van der Waals surface area contributed by atoms with Gasteiger partial charge in [-0.2, -0.15) is 0 Å². The molecule has 0 atom stereocenters. The van der Waals surface area contributed by atoms with Gasteiger partial charge in [0.15, 0.2) is 5.13 Å². The zero-order valence-electron chi connectivity index (χ0n) is 19.4. The molecule has 0 aliphatic carbocycles. The van der Waals surface area contributed by atoms with E-state index in [9.17, 15) is 4.79 Å². The van der Waals surface area contributed by atoms with Crippen molar-refractivity contribution in [3.63, 3.8) is 0 Å². The number of amides is 1. The van der Waals surface area contributed by atoms with Gasteiger partial charge in [-0.3, -0.25) is 14.7 Å². The van der Waals surface area contributed by atoms with Crippen LogP contribution in [-0.4, -0.2) is 15.9 Å². The van der Waals surface area contributed by atoms with Crippen molar-refractivity contribution in [2.45, 2.75) is 26.3 Å². The van der Waals surface area contributed by atoms with Gasteiger partial charge in [-0.05, 0) is 54.8 Å². The van der Waals surface area contributed by atoms with E-state index in [1.165, 1.54) is 5.56 Å². The molecule has 0 N–H and O–H groups in total. The normalized spacial score (nSPS) is 12.6. The van der Waals surface area contributed by atoms with Gasteiger partial charge >= 0.3 is 0 Å². The number of nitrogens with zero attached hydrogens (tertiary/aromatic N) is 3. The van der Waals surface area contributed by atoms with E-state index in [0.29, 0.717) is 23.2 Å². The molecule has 0 saturated heterocycles. The van der Waals surface area contributed by atoms with Crippen molar-refractivity contribution in [1.29, 1.82) is 0 Å². The number of pyridine rings is 1. The lowest BCUT2D eigenvalue weighted by Crippen LogP contribution is -2.36. The first-order chi connectivity index (χ1) is 17.1. The number of hydrogen-bond donors (Lipinski definition) is 0. The van der Waals surface area contributed by atoms with Crippen molar-refractivity contribution in [3.05, 3.63) is 113 Å². The largest absolute Gasteiger partial charge is 0.457 e. The van der Waals surface area contributed by atoms with Crippen LogP contribution in [0.1, 0.15) is 33.7 Å². The molecule has 0 fully saturated rings. The minimum absolute atomic E-state index is 0.0366. The summed E-state index contributed by atoms with van der Waals surface area (Å²) in [5.41, 5.74) is 5.94. The number of benzene rings is 3. The Morgan fingerprint density at radius 1 is 0.943 bits per heavy atom. The molecule has 6 rings (SSSR count). The van der Waals surface area contributed by atoms with Gasteiger partial charge in [0.05, 0.1) is 22.7 Å². The molecule has 172 valence electrons. The fraction of sp³-hybridized carbons (Fsp3) is 0.138. The minimum atomic E-state index is -0.498. The smallest absolute Gasteiger partial charge is 0.241 e. The lowest BCUT2D eigenvalue weighted by molar-refractivity contribution is -0.119. The van der Waals surface area contributed by atoms with Crippen LogP contribution in [-0.2, 0) is 11.3 Å². The number of anilines is 1. The van der Waals surface area contributed by atoms with Gasteiger partial charge in [-0.15, -0.1) is 0 Å². The summed E-state index contributed by atoms with van der Waals surface area (Å²) in [6.07, 6.45) is 3.54. The number of hydrogen-bond acceptors (Lipinski definition) is 5. The topological polar surface area (TPSA) is 55.3 Å². The predicted octanol–water partition coefficient (Wildman–Crippen LogP) is 6.78. The highest BCUT2D eigenvalue weighted by molar-refractivity contribution is 7.22. The molecule has 1 aliphatic heterocycles. The Balaban J connectivity index is 1.51. The number of ether oxygens (including phenoxy) is 1. The van der Waals surface area contributed by atoms with E-state index in [1.807, 2.05) is 60.7 Å². The number of fused-ring (bicyclic) bond motifs is 3. The molecule has 0 saturated carbocycles. The highest BCUT2D eigenvalue weighted by Gasteiger charge is 2.36. The predicted molar refractivity (Wildman–Crippen MR) is 139 cm³/mol. The van der Waals surface area contributed by atoms with Crippen LogP contribution in [0.2, 0.25) is 0 Å². The van der Waals surface area contributed by atoms with E-state index >= 15 is 0 Å². The van der Waals surface area contributed by atoms with Crippen molar-refractivity contribution in [1.82, 2.24) is 9.97 Å². The van der Waals surface area contributed by atoms with Gasteiger partial charge in [0, 0.05) is 23.5 Å². The number of thiazole rings is 1. The Morgan fingerprint density at radius 2 is 1.66 bits per heavy atom. The molecule has 1 aliphatic rings. The Labute approximate surface area is 207 Å². The first-order valence-corrected chi connectivity index (χ1v) is 12.3. The molecule has 35 heavy (non-hydrogen) atoms. The number of carbonyl (C=O) groups excluding carboxylic acids is 1. The van der Waals surface area contributed by atoms with E-state index in [1.54, 1.807) is 28.6 Å². The number of aromatic nitrogens is 2. The molecule has 0 unspecified atom stereocenters. The molecule has 0 bridgehead atoms. The van der Waals surface area contributed by atoms with Crippen molar-refractivity contribution < 1.29 is 9.53 Å². The standard InChI is InChI=1S/C29H23N3O2S/c1-18-13-14-25-27(19(18)2)31-29(35-25)32(17-20-8-7-15-30-16-20)28(33)26-21-9-3-5-11-23(21)34-24-12-6-4-10-22(24)26/h3-16,26H,17H2,1-2H3.